The Morgan fingerprint density at radius 3 is 3.12 bits per heavy atom. The van der Waals surface area contributed by atoms with E-state index in [0.29, 0.717) is 11.2 Å². The van der Waals surface area contributed by atoms with Gasteiger partial charge in [0.1, 0.15) is 0 Å². The third kappa shape index (κ3) is 3.14. The maximum absolute atomic E-state index is 5.25. The van der Waals surface area contributed by atoms with Crippen molar-refractivity contribution in [2.75, 3.05) is 5.32 Å². The summed E-state index contributed by atoms with van der Waals surface area (Å²) < 4.78 is 5.34. The highest BCUT2D eigenvalue weighted by atomic mass is 32.1. The summed E-state index contributed by atoms with van der Waals surface area (Å²) in [7, 11) is 0. The zero-order valence-electron chi connectivity index (χ0n) is 9.86. The number of thiocarbonyl (C=S) groups is 1. The highest BCUT2D eigenvalue weighted by Crippen LogP contribution is 2.21. The van der Waals surface area contributed by atoms with E-state index in [-0.39, 0.29) is 0 Å². The molecule has 0 spiro atoms. The number of benzene rings is 1. The van der Waals surface area contributed by atoms with Gasteiger partial charge in [-0.1, -0.05) is 6.92 Å². The Hall–Kier alpha value is -1.20. The molecule has 2 rings (SSSR count). The first kappa shape index (κ1) is 12.3. The quantitative estimate of drug-likeness (QED) is 0.834. The Kier molecular flexibility index (Phi) is 3.91. The van der Waals surface area contributed by atoms with Crippen molar-refractivity contribution in [2.24, 2.45) is 0 Å². The molecule has 0 saturated carbocycles. The summed E-state index contributed by atoms with van der Waals surface area (Å²) in [6.07, 6.45) is 2.92. The number of fused-ring (bicyclic) bond motifs is 1. The molecule has 5 heteroatoms. The molecule has 90 valence electrons. The average Bonchev–Trinajstić information content (AvgIpc) is 2.75. The molecular weight excluding hydrogens is 250 g/mol. The van der Waals surface area contributed by atoms with Crippen LogP contribution in [0.3, 0.4) is 0 Å². The van der Waals surface area contributed by atoms with Crippen LogP contribution in [0.15, 0.2) is 24.4 Å². The first-order chi connectivity index (χ1) is 8.19. The van der Waals surface area contributed by atoms with E-state index in [1.807, 2.05) is 12.3 Å². The number of rotatable bonds is 3. The minimum absolute atomic E-state index is 0.390. The minimum atomic E-state index is 0.390. The van der Waals surface area contributed by atoms with Crippen LogP contribution in [-0.4, -0.2) is 15.5 Å². The number of hydrogen-bond acceptors (Lipinski definition) is 3. The van der Waals surface area contributed by atoms with E-state index in [0.717, 1.165) is 17.5 Å². The molecule has 3 nitrogen and oxygen atoms in total. The molecule has 1 aromatic heterocycles. The summed E-state index contributed by atoms with van der Waals surface area (Å²) in [6, 6.07) is 6.52. The van der Waals surface area contributed by atoms with Crippen molar-refractivity contribution in [3.63, 3.8) is 0 Å². The van der Waals surface area contributed by atoms with Gasteiger partial charge in [0.2, 0.25) is 0 Å². The van der Waals surface area contributed by atoms with Gasteiger partial charge >= 0.3 is 0 Å². The second kappa shape index (κ2) is 5.42. The van der Waals surface area contributed by atoms with Gasteiger partial charge in [0.05, 0.1) is 4.70 Å². The average molecular weight is 265 g/mol. The van der Waals surface area contributed by atoms with E-state index in [9.17, 15) is 0 Å². The molecular formula is C12H15N3S2. The third-order valence-corrected chi connectivity index (χ3v) is 3.60. The second-order valence-corrected chi connectivity index (χ2v) is 5.23. The van der Waals surface area contributed by atoms with Gasteiger partial charge < -0.3 is 10.6 Å². The largest absolute Gasteiger partial charge is 0.360 e. The Morgan fingerprint density at radius 2 is 2.35 bits per heavy atom. The van der Waals surface area contributed by atoms with Crippen LogP contribution < -0.4 is 10.6 Å². The molecule has 0 aliphatic heterocycles. The van der Waals surface area contributed by atoms with E-state index in [2.05, 4.69) is 41.0 Å². The SMILES string of the molecule is CCC(C)NC(=S)Nc1ccc2sncc2c1. The van der Waals surface area contributed by atoms with Gasteiger partial charge in [-0.15, -0.1) is 0 Å². The van der Waals surface area contributed by atoms with Crippen LogP contribution in [0, 0.1) is 0 Å². The molecule has 17 heavy (non-hydrogen) atoms. The van der Waals surface area contributed by atoms with Gasteiger partial charge in [0.15, 0.2) is 5.11 Å². The molecule has 1 heterocycles. The monoisotopic (exact) mass is 265 g/mol. The fourth-order valence-corrected chi connectivity index (χ4v) is 2.39. The zero-order chi connectivity index (χ0) is 12.3. The van der Waals surface area contributed by atoms with Gasteiger partial charge in [0, 0.05) is 23.3 Å². The smallest absolute Gasteiger partial charge is 0.170 e. The summed E-state index contributed by atoms with van der Waals surface area (Å²) >= 11 is 6.75. The lowest BCUT2D eigenvalue weighted by atomic mass is 10.2. The molecule has 0 amide bonds. The first-order valence-electron chi connectivity index (χ1n) is 5.61. The summed E-state index contributed by atoms with van der Waals surface area (Å²) in [5.41, 5.74) is 0.999. The van der Waals surface area contributed by atoms with Crippen LogP contribution >= 0.6 is 23.8 Å². The van der Waals surface area contributed by atoms with Crippen molar-refractivity contribution in [1.82, 2.24) is 9.69 Å². The molecule has 0 fully saturated rings. The maximum Gasteiger partial charge on any atom is 0.170 e. The van der Waals surface area contributed by atoms with Crippen molar-refractivity contribution >= 4 is 44.6 Å². The highest BCUT2D eigenvalue weighted by molar-refractivity contribution is 7.80. The van der Waals surface area contributed by atoms with Gasteiger partial charge in [0.25, 0.3) is 0 Å². The van der Waals surface area contributed by atoms with E-state index >= 15 is 0 Å². The second-order valence-electron chi connectivity index (χ2n) is 3.99. The molecule has 0 aliphatic rings. The molecule has 2 N–H and O–H groups in total. The molecule has 0 saturated heterocycles. The van der Waals surface area contributed by atoms with Crippen molar-refractivity contribution in [3.05, 3.63) is 24.4 Å². The predicted octanol–water partition coefficient (Wildman–Crippen LogP) is 3.38. The Balaban J connectivity index is 2.05. The molecule has 1 unspecified atom stereocenters. The lowest BCUT2D eigenvalue weighted by Crippen LogP contribution is -2.35. The fraction of sp³-hybridized carbons (Fsp3) is 0.333. The number of aromatic nitrogens is 1. The first-order valence-corrected chi connectivity index (χ1v) is 6.79. The van der Waals surface area contributed by atoms with Gasteiger partial charge in [-0.2, -0.15) is 4.37 Å². The van der Waals surface area contributed by atoms with Crippen LogP contribution in [0.25, 0.3) is 10.1 Å². The molecule has 0 aliphatic carbocycles. The number of anilines is 1. The Morgan fingerprint density at radius 1 is 1.53 bits per heavy atom. The third-order valence-electron chi connectivity index (χ3n) is 2.60. The van der Waals surface area contributed by atoms with E-state index in [4.69, 9.17) is 12.2 Å². The van der Waals surface area contributed by atoms with Crippen molar-refractivity contribution in [2.45, 2.75) is 26.3 Å². The molecule has 1 aromatic carbocycles. The van der Waals surface area contributed by atoms with Gasteiger partial charge in [-0.05, 0) is 55.3 Å². The lowest BCUT2D eigenvalue weighted by molar-refractivity contribution is 0.646. The van der Waals surface area contributed by atoms with Crippen LogP contribution in [0.1, 0.15) is 20.3 Å². The summed E-state index contributed by atoms with van der Waals surface area (Å²) in [5.74, 6) is 0. The molecule has 0 bridgehead atoms. The standard InChI is InChI=1S/C12H15N3S2/c1-3-8(2)14-12(16)15-10-4-5-11-9(6-10)7-13-17-11/h4-8H,3H2,1-2H3,(H2,14,15,16). The maximum atomic E-state index is 5.25. The Bertz CT molecular complexity index is 521. The van der Waals surface area contributed by atoms with Crippen LogP contribution in [0.4, 0.5) is 5.69 Å². The van der Waals surface area contributed by atoms with Crippen molar-refractivity contribution < 1.29 is 0 Å². The molecule has 0 radical (unpaired) electrons. The number of nitrogens with one attached hydrogen (secondary N) is 2. The van der Waals surface area contributed by atoms with Crippen molar-refractivity contribution in [3.8, 4) is 0 Å². The van der Waals surface area contributed by atoms with Gasteiger partial charge in [-0.3, -0.25) is 0 Å². The van der Waals surface area contributed by atoms with E-state index < -0.39 is 0 Å². The van der Waals surface area contributed by atoms with E-state index in [1.165, 1.54) is 16.2 Å². The van der Waals surface area contributed by atoms with Crippen LogP contribution in [0.5, 0.6) is 0 Å². The highest BCUT2D eigenvalue weighted by Gasteiger charge is 2.03. The van der Waals surface area contributed by atoms with Gasteiger partial charge in [-0.25, -0.2) is 0 Å². The lowest BCUT2D eigenvalue weighted by Gasteiger charge is -2.15. The minimum Gasteiger partial charge on any atom is -0.360 e. The summed E-state index contributed by atoms with van der Waals surface area (Å²) in [4.78, 5) is 0. The van der Waals surface area contributed by atoms with Crippen molar-refractivity contribution in [1.29, 1.82) is 0 Å². The topological polar surface area (TPSA) is 37.0 Å². The summed E-state index contributed by atoms with van der Waals surface area (Å²) in [6.45, 7) is 4.24. The summed E-state index contributed by atoms with van der Waals surface area (Å²) in [5, 5.41) is 8.23. The number of hydrogen-bond donors (Lipinski definition) is 2. The van der Waals surface area contributed by atoms with Crippen LogP contribution in [0.2, 0.25) is 0 Å². The normalized spacial score (nSPS) is 12.4. The fourth-order valence-electron chi connectivity index (χ4n) is 1.44. The number of nitrogens with zero attached hydrogens (tertiary/aromatic N) is 1. The van der Waals surface area contributed by atoms with E-state index in [1.54, 1.807) is 0 Å². The zero-order valence-corrected chi connectivity index (χ0v) is 11.5. The predicted molar refractivity (Wildman–Crippen MR) is 78.7 cm³/mol. The molecule has 2 aromatic rings. The molecule has 1 atom stereocenters. The van der Waals surface area contributed by atoms with Crippen LogP contribution in [-0.2, 0) is 0 Å². The Labute approximate surface area is 110 Å².